The van der Waals surface area contributed by atoms with Gasteiger partial charge in [-0.15, -0.1) is 24.0 Å². The van der Waals surface area contributed by atoms with Gasteiger partial charge in [0, 0.05) is 38.9 Å². The molecule has 7 heteroatoms. The highest BCUT2D eigenvalue weighted by Crippen LogP contribution is 2.25. The number of halogens is 1. The predicted octanol–water partition coefficient (Wildman–Crippen LogP) is 3.73. The van der Waals surface area contributed by atoms with E-state index in [0.29, 0.717) is 5.92 Å². The number of likely N-dealkylation sites (tertiary alicyclic amines) is 1. The number of guanidine groups is 1. The van der Waals surface area contributed by atoms with E-state index in [-0.39, 0.29) is 30.0 Å². The van der Waals surface area contributed by atoms with Crippen molar-refractivity contribution in [2.45, 2.75) is 25.3 Å². The first-order valence-electron chi connectivity index (χ1n) is 10.9. The molecule has 30 heavy (non-hydrogen) atoms. The first-order chi connectivity index (χ1) is 14.3. The molecule has 4 rings (SSSR count). The zero-order valence-electron chi connectivity index (χ0n) is 17.8. The number of hydrogen-bond acceptors (Lipinski definition) is 4. The Morgan fingerprint density at radius 1 is 1.10 bits per heavy atom. The minimum absolute atomic E-state index is 0. The highest BCUT2D eigenvalue weighted by Gasteiger charge is 2.26. The van der Waals surface area contributed by atoms with Gasteiger partial charge in [0.1, 0.15) is 5.76 Å². The monoisotopic (exact) mass is 523 g/mol. The van der Waals surface area contributed by atoms with Crippen LogP contribution in [0.15, 0.2) is 58.1 Å². The van der Waals surface area contributed by atoms with Gasteiger partial charge in [0.2, 0.25) is 0 Å². The quantitative estimate of drug-likeness (QED) is 0.329. The SMILES string of the molecule is CN=C(NCC1CCN(c2ccccc2)C1)NCC(c1ccco1)N1CCCC1.I. The number of hydrogen-bond donors (Lipinski definition) is 2. The van der Waals surface area contributed by atoms with Crippen molar-refractivity contribution in [2.75, 3.05) is 51.2 Å². The molecule has 2 fully saturated rings. The van der Waals surface area contributed by atoms with Crippen molar-refractivity contribution < 1.29 is 4.42 Å². The van der Waals surface area contributed by atoms with Gasteiger partial charge in [-0.05, 0) is 62.5 Å². The van der Waals surface area contributed by atoms with Crippen LogP contribution in [-0.4, -0.2) is 57.2 Å². The summed E-state index contributed by atoms with van der Waals surface area (Å²) in [5.74, 6) is 2.54. The Hall–Kier alpha value is -1.74. The van der Waals surface area contributed by atoms with Crippen LogP contribution < -0.4 is 15.5 Å². The van der Waals surface area contributed by atoms with Crippen LogP contribution in [0.2, 0.25) is 0 Å². The third-order valence-corrected chi connectivity index (χ3v) is 6.10. The van der Waals surface area contributed by atoms with Gasteiger partial charge in [-0.25, -0.2) is 0 Å². The van der Waals surface area contributed by atoms with Gasteiger partial charge in [0.15, 0.2) is 5.96 Å². The Bertz CT molecular complexity index is 761. The van der Waals surface area contributed by atoms with Crippen molar-refractivity contribution in [1.82, 2.24) is 15.5 Å². The van der Waals surface area contributed by atoms with E-state index < -0.39 is 0 Å². The van der Waals surface area contributed by atoms with Crippen molar-refractivity contribution >= 4 is 35.6 Å². The van der Waals surface area contributed by atoms with Crippen molar-refractivity contribution in [3.05, 3.63) is 54.5 Å². The van der Waals surface area contributed by atoms with Crippen molar-refractivity contribution in [2.24, 2.45) is 10.9 Å². The van der Waals surface area contributed by atoms with E-state index >= 15 is 0 Å². The maximum atomic E-state index is 5.72. The average molecular weight is 523 g/mol. The lowest BCUT2D eigenvalue weighted by Crippen LogP contribution is -2.44. The normalized spacial score (nSPS) is 20.8. The molecule has 0 amide bonds. The molecule has 6 nitrogen and oxygen atoms in total. The predicted molar refractivity (Wildman–Crippen MR) is 134 cm³/mol. The zero-order chi connectivity index (χ0) is 19.9. The van der Waals surface area contributed by atoms with Gasteiger partial charge >= 0.3 is 0 Å². The molecule has 2 aromatic rings. The van der Waals surface area contributed by atoms with Crippen LogP contribution in [0.4, 0.5) is 5.69 Å². The molecule has 2 saturated heterocycles. The van der Waals surface area contributed by atoms with Crippen molar-refractivity contribution in [3.63, 3.8) is 0 Å². The standard InChI is InChI=1S/C23H33N5O.HI/c1-24-23(25-16-19-11-14-28(18-19)20-8-3-2-4-9-20)26-17-21(22-10-7-15-29-22)27-12-5-6-13-27;/h2-4,7-10,15,19,21H,5-6,11-14,16-18H2,1H3,(H2,24,25,26);1H. The molecule has 0 aliphatic carbocycles. The molecule has 164 valence electrons. The summed E-state index contributed by atoms with van der Waals surface area (Å²) < 4.78 is 5.72. The zero-order valence-corrected chi connectivity index (χ0v) is 20.1. The Labute approximate surface area is 197 Å². The van der Waals surface area contributed by atoms with E-state index in [1.807, 2.05) is 13.1 Å². The fourth-order valence-electron chi connectivity index (χ4n) is 4.47. The Balaban J connectivity index is 0.00000256. The van der Waals surface area contributed by atoms with Crippen LogP contribution in [0.3, 0.4) is 0 Å². The molecule has 3 heterocycles. The summed E-state index contributed by atoms with van der Waals surface area (Å²) in [7, 11) is 1.85. The average Bonchev–Trinajstić information content (AvgIpc) is 3.54. The van der Waals surface area contributed by atoms with E-state index in [9.17, 15) is 0 Å². The highest BCUT2D eigenvalue weighted by molar-refractivity contribution is 14.0. The van der Waals surface area contributed by atoms with E-state index in [4.69, 9.17) is 4.42 Å². The lowest BCUT2D eigenvalue weighted by molar-refractivity contribution is 0.215. The first kappa shape index (κ1) is 22.9. The van der Waals surface area contributed by atoms with E-state index in [0.717, 1.165) is 51.0 Å². The second kappa shape index (κ2) is 11.6. The van der Waals surface area contributed by atoms with Crippen LogP contribution in [-0.2, 0) is 0 Å². The van der Waals surface area contributed by atoms with Crippen LogP contribution >= 0.6 is 24.0 Å². The Morgan fingerprint density at radius 2 is 1.90 bits per heavy atom. The van der Waals surface area contributed by atoms with Gasteiger partial charge in [0.05, 0.1) is 12.3 Å². The third kappa shape index (κ3) is 5.91. The number of aliphatic imine (C=N–C) groups is 1. The summed E-state index contributed by atoms with van der Waals surface area (Å²) in [5.41, 5.74) is 1.32. The van der Waals surface area contributed by atoms with E-state index in [2.05, 4.69) is 61.8 Å². The highest BCUT2D eigenvalue weighted by atomic mass is 127. The number of rotatable bonds is 7. The molecule has 0 radical (unpaired) electrons. The van der Waals surface area contributed by atoms with Gasteiger partial charge in [-0.1, -0.05) is 18.2 Å². The molecular formula is C23H34IN5O. The number of anilines is 1. The summed E-state index contributed by atoms with van der Waals surface area (Å²) in [6.45, 7) is 6.23. The Kier molecular flexibility index (Phi) is 8.87. The molecule has 0 bridgehead atoms. The van der Waals surface area contributed by atoms with Crippen LogP contribution in [0.25, 0.3) is 0 Å². The van der Waals surface area contributed by atoms with Gasteiger partial charge in [0.25, 0.3) is 0 Å². The second-order valence-electron chi connectivity index (χ2n) is 8.04. The first-order valence-corrected chi connectivity index (χ1v) is 10.9. The summed E-state index contributed by atoms with van der Waals surface area (Å²) in [4.78, 5) is 9.42. The number of furan rings is 1. The smallest absolute Gasteiger partial charge is 0.191 e. The largest absolute Gasteiger partial charge is 0.468 e. The topological polar surface area (TPSA) is 56.0 Å². The molecule has 2 atom stereocenters. The van der Waals surface area contributed by atoms with E-state index in [1.54, 1.807) is 6.26 Å². The molecule has 2 N–H and O–H groups in total. The van der Waals surface area contributed by atoms with Gasteiger partial charge in [-0.2, -0.15) is 0 Å². The molecule has 0 saturated carbocycles. The summed E-state index contributed by atoms with van der Waals surface area (Å²) in [6, 6.07) is 15.0. The number of nitrogens with zero attached hydrogens (tertiary/aromatic N) is 3. The van der Waals surface area contributed by atoms with Crippen LogP contribution in [0, 0.1) is 5.92 Å². The molecule has 1 aromatic carbocycles. The number of benzene rings is 1. The maximum Gasteiger partial charge on any atom is 0.191 e. The fraction of sp³-hybridized carbons (Fsp3) is 0.522. The Morgan fingerprint density at radius 3 is 2.60 bits per heavy atom. The van der Waals surface area contributed by atoms with E-state index in [1.165, 1.54) is 24.9 Å². The molecule has 2 aliphatic rings. The lowest BCUT2D eigenvalue weighted by atomic mass is 10.1. The summed E-state index contributed by atoms with van der Waals surface area (Å²) >= 11 is 0. The fourth-order valence-corrected chi connectivity index (χ4v) is 4.47. The third-order valence-electron chi connectivity index (χ3n) is 6.10. The minimum Gasteiger partial charge on any atom is -0.468 e. The summed E-state index contributed by atoms with van der Waals surface area (Å²) in [6.07, 6.45) is 5.51. The van der Waals surface area contributed by atoms with Crippen molar-refractivity contribution in [1.29, 1.82) is 0 Å². The number of para-hydroxylation sites is 1. The van der Waals surface area contributed by atoms with Gasteiger partial charge < -0.3 is 20.0 Å². The molecule has 2 unspecified atom stereocenters. The second-order valence-corrected chi connectivity index (χ2v) is 8.04. The molecule has 0 spiro atoms. The molecule has 2 aliphatic heterocycles. The molecule has 1 aromatic heterocycles. The lowest BCUT2D eigenvalue weighted by Gasteiger charge is -2.27. The van der Waals surface area contributed by atoms with Crippen LogP contribution in [0.5, 0.6) is 0 Å². The maximum absolute atomic E-state index is 5.72. The van der Waals surface area contributed by atoms with Gasteiger partial charge in [-0.3, -0.25) is 9.89 Å². The minimum atomic E-state index is 0. The van der Waals surface area contributed by atoms with Crippen LogP contribution in [0.1, 0.15) is 31.1 Å². The van der Waals surface area contributed by atoms with Crippen molar-refractivity contribution in [3.8, 4) is 0 Å². The summed E-state index contributed by atoms with van der Waals surface area (Å²) in [5, 5.41) is 7.06. The molecular weight excluding hydrogens is 489 g/mol. The number of nitrogens with one attached hydrogen (secondary N) is 2.